The van der Waals surface area contributed by atoms with Crippen molar-refractivity contribution in [1.29, 1.82) is 0 Å². The van der Waals surface area contributed by atoms with Crippen molar-refractivity contribution < 1.29 is 4.92 Å². The number of non-ortho nitro benzene ring substituents is 1. The van der Waals surface area contributed by atoms with Crippen LogP contribution in [0, 0.1) is 10.1 Å². The van der Waals surface area contributed by atoms with Gasteiger partial charge in [-0.2, -0.15) is 10.1 Å². The number of nitrogens with zero attached hydrogens (tertiary/aromatic N) is 5. The first-order valence-electron chi connectivity index (χ1n) is 6.81. The van der Waals surface area contributed by atoms with Crippen molar-refractivity contribution in [2.75, 3.05) is 10.6 Å². The van der Waals surface area contributed by atoms with E-state index in [1.165, 1.54) is 18.2 Å². The van der Waals surface area contributed by atoms with E-state index in [0.29, 0.717) is 22.5 Å². The Morgan fingerprint density at radius 2 is 2.12 bits per heavy atom. The molecular weight excluding hydrogens is 334 g/mol. The van der Waals surface area contributed by atoms with Crippen LogP contribution < -0.4 is 10.6 Å². The van der Waals surface area contributed by atoms with Crippen LogP contribution in [0.4, 0.5) is 28.8 Å². The van der Waals surface area contributed by atoms with Gasteiger partial charge in [-0.1, -0.05) is 11.6 Å². The molecule has 0 saturated heterocycles. The molecule has 24 heavy (non-hydrogen) atoms. The Bertz CT molecular complexity index is 896. The number of nitro groups is 1. The second-order valence-electron chi connectivity index (χ2n) is 4.84. The van der Waals surface area contributed by atoms with Gasteiger partial charge in [0.2, 0.25) is 5.95 Å². The number of hydrogen-bond donors (Lipinski definition) is 2. The maximum absolute atomic E-state index is 10.9. The average Bonchev–Trinajstić information content (AvgIpc) is 2.94. The van der Waals surface area contributed by atoms with Gasteiger partial charge in [-0.25, -0.2) is 4.98 Å². The average molecular weight is 346 g/mol. The van der Waals surface area contributed by atoms with Crippen LogP contribution in [0.15, 0.2) is 42.9 Å². The van der Waals surface area contributed by atoms with Crippen molar-refractivity contribution >= 4 is 40.4 Å². The van der Waals surface area contributed by atoms with Gasteiger partial charge < -0.3 is 10.6 Å². The standard InChI is InChI=1S/C14H12ClN7O2/c1-21-8-9(7-17-21)18-14-16-5-4-13(20-14)19-12-6-10(22(23)24)2-3-11(12)15/h2-8H,1H3,(H2,16,18,19,20). The molecule has 0 fully saturated rings. The summed E-state index contributed by atoms with van der Waals surface area (Å²) in [6.45, 7) is 0. The van der Waals surface area contributed by atoms with Crippen molar-refractivity contribution in [3.63, 3.8) is 0 Å². The topological polar surface area (TPSA) is 111 Å². The molecule has 0 amide bonds. The third kappa shape index (κ3) is 3.58. The minimum atomic E-state index is -0.489. The lowest BCUT2D eigenvalue weighted by Gasteiger charge is -2.09. The van der Waals surface area contributed by atoms with Gasteiger partial charge in [0.05, 0.1) is 27.5 Å². The SMILES string of the molecule is Cn1cc(Nc2nccc(Nc3cc([N+](=O)[O-])ccc3Cl)n2)cn1. The summed E-state index contributed by atoms with van der Waals surface area (Å²) in [5, 5.41) is 21.2. The highest BCUT2D eigenvalue weighted by Crippen LogP contribution is 2.29. The van der Waals surface area contributed by atoms with Crippen LogP contribution in [0.2, 0.25) is 5.02 Å². The zero-order valence-electron chi connectivity index (χ0n) is 12.5. The first kappa shape index (κ1) is 15.7. The number of hydrogen-bond acceptors (Lipinski definition) is 7. The van der Waals surface area contributed by atoms with Crippen LogP contribution in [0.1, 0.15) is 0 Å². The van der Waals surface area contributed by atoms with Crippen LogP contribution in [0.5, 0.6) is 0 Å². The molecule has 3 rings (SSSR count). The number of rotatable bonds is 5. The molecule has 0 bridgehead atoms. The number of aryl methyl sites for hydroxylation is 1. The molecule has 3 aromatic rings. The number of benzene rings is 1. The van der Waals surface area contributed by atoms with Gasteiger partial charge in [0, 0.05) is 31.6 Å². The van der Waals surface area contributed by atoms with Crippen molar-refractivity contribution in [2.45, 2.75) is 0 Å². The van der Waals surface area contributed by atoms with Gasteiger partial charge in [-0.05, 0) is 12.1 Å². The van der Waals surface area contributed by atoms with Gasteiger partial charge in [0.25, 0.3) is 5.69 Å². The van der Waals surface area contributed by atoms with Crippen LogP contribution in [0.3, 0.4) is 0 Å². The smallest absolute Gasteiger partial charge is 0.271 e. The first-order chi connectivity index (χ1) is 11.5. The zero-order chi connectivity index (χ0) is 17.1. The number of nitrogens with one attached hydrogen (secondary N) is 2. The molecule has 0 atom stereocenters. The fourth-order valence-electron chi connectivity index (χ4n) is 1.96. The largest absolute Gasteiger partial charge is 0.339 e. The monoisotopic (exact) mass is 345 g/mol. The Morgan fingerprint density at radius 1 is 1.29 bits per heavy atom. The fourth-order valence-corrected chi connectivity index (χ4v) is 2.13. The molecule has 0 spiro atoms. The summed E-state index contributed by atoms with van der Waals surface area (Å²) in [7, 11) is 1.80. The van der Waals surface area contributed by atoms with Crippen LogP contribution >= 0.6 is 11.6 Å². The summed E-state index contributed by atoms with van der Waals surface area (Å²) < 4.78 is 1.65. The van der Waals surface area contributed by atoms with Gasteiger partial charge in [-0.3, -0.25) is 14.8 Å². The quantitative estimate of drug-likeness (QED) is 0.539. The highest BCUT2D eigenvalue weighted by atomic mass is 35.5. The molecule has 0 aliphatic rings. The number of anilines is 4. The highest BCUT2D eigenvalue weighted by Gasteiger charge is 2.11. The Morgan fingerprint density at radius 3 is 2.83 bits per heavy atom. The zero-order valence-corrected chi connectivity index (χ0v) is 13.2. The van der Waals surface area contributed by atoms with Crippen LogP contribution in [-0.4, -0.2) is 24.7 Å². The molecule has 0 radical (unpaired) electrons. The van der Waals surface area contributed by atoms with E-state index in [0.717, 1.165) is 5.69 Å². The van der Waals surface area contributed by atoms with Gasteiger partial charge in [0.15, 0.2) is 0 Å². The van der Waals surface area contributed by atoms with E-state index in [4.69, 9.17) is 11.6 Å². The predicted octanol–water partition coefficient (Wildman–Crippen LogP) is 3.26. The number of halogens is 1. The maximum Gasteiger partial charge on any atom is 0.271 e. The molecule has 2 aromatic heterocycles. The maximum atomic E-state index is 10.9. The highest BCUT2D eigenvalue weighted by molar-refractivity contribution is 6.33. The van der Waals surface area contributed by atoms with Crippen molar-refractivity contribution in [3.05, 3.63) is 58.0 Å². The molecule has 2 heterocycles. The van der Waals surface area contributed by atoms with Crippen molar-refractivity contribution in [2.24, 2.45) is 7.05 Å². The normalized spacial score (nSPS) is 10.4. The lowest BCUT2D eigenvalue weighted by molar-refractivity contribution is -0.384. The van der Waals surface area contributed by atoms with Crippen molar-refractivity contribution in [1.82, 2.24) is 19.7 Å². The molecule has 0 unspecified atom stereocenters. The molecule has 0 aliphatic carbocycles. The number of nitro benzene ring substituents is 1. The second kappa shape index (κ2) is 6.50. The summed E-state index contributed by atoms with van der Waals surface area (Å²) in [5.41, 5.74) is 1.06. The van der Waals surface area contributed by atoms with E-state index in [1.54, 1.807) is 36.4 Å². The molecule has 9 nitrogen and oxygen atoms in total. The van der Waals surface area contributed by atoms with Gasteiger partial charge in [0.1, 0.15) is 5.82 Å². The summed E-state index contributed by atoms with van der Waals surface area (Å²) >= 11 is 6.07. The second-order valence-corrected chi connectivity index (χ2v) is 5.25. The van der Waals surface area contributed by atoms with Crippen LogP contribution in [-0.2, 0) is 7.05 Å². The molecular formula is C14H12ClN7O2. The lowest BCUT2D eigenvalue weighted by Crippen LogP contribution is -2.00. The van der Waals surface area contributed by atoms with E-state index in [-0.39, 0.29) is 5.69 Å². The predicted molar refractivity (Wildman–Crippen MR) is 89.9 cm³/mol. The van der Waals surface area contributed by atoms with Crippen LogP contribution in [0.25, 0.3) is 0 Å². The van der Waals surface area contributed by atoms with Gasteiger partial charge in [-0.15, -0.1) is 0 Å². The summed E-state index contributed by atoms with van der Waals surface area (Å²) in [4.78, 5) is 18.8. The molecule has 122 valence electrons. The molecule has 0 saturated carbocycles. The number of aromatic nitrogens is 4. The summed E-state index contributed by atoms with van der Waals surface area (Å²) in [6, 6.07) is 5.77. The Balaban J connectivity index is 1.82. The summed E-state index contributed by atoms with van der Waals surface area (Å²) in [5.74, 6) is 0.799. The minimum absolute atomic E-state index is 0.0651. The molecule has 0 aliphatic heterocycles. The summed E-state index contributed by atoms with van der Waals surface area (Å²) in [6.07, 6.45) is 4.97. The van der Waals surface area contributed by atoms with E-state index >= 15 is 0 Å². The fraction of sp³-hybridized carbons (Fsp3) is 0.0714. The van der Waals surface area contributed by atoms with Gasteiger partial charge >= 0.3 is 0 Å². The van der Waals surface area contributed by atoms with E-state index in [9.17, 15) is 10.1 Å². The lowest BCUT2D eigenvalue weighted by atomic mass is 10.3. The van der Waals surface area contributed by atoms with E-state index in [1.807, 2.05) is 0 Å². The Hall–Kier alpha value is -3.20. The Labute approximate surface area is 141 Å². The van der Waals surface area contributed by atoms with Crippen molar-refractivity contribution in [3.8, 4) is 0 Å². The minimum Gasteiger partial charge on any atom is -0.339 e. The first-order valence-corrected chi connectivity index (χ1v) is 7.19. The molecule has 10 heteroatoms. The Kier molecular flexibility index (Phi) is 4.25. The molecule has 2 N–H and O–H groups in total. The van der Waals surface area contributed by atoms with E-state index < -0.39 is 4.92 Å². The third-order valence-electron chi connectivity index (χ3n) is 3.04. The van der Waals surface area contributed by atoms with E-state index in [2.05, 4.69) is 25.7 Å². The third-order valence-corrected chi connectivity index (χ3v) is 3.37. The molecule has 1 aromatic carbocycles.